The molecule has 0 aliphatic carbocycles. The lowest BCUT2D eigenvalue weighted by Gasteiger charge is -2.40. The van der Waals surface area contributed by atoms with E-state index in [1.54, 1.807) is 0 Å². The fourth-order valence-corrected chi connectivity index (χ4v) is 4.07. The highest BCUT2D eigenvalue weighted by Gasteiger charge is 2.26. The molecule has 5 nitrogen and oxygen atoms in total. The number of carbonyl (C=O) groups is 1. The SMILES string of the molecule is CCC(C)N1CCN(C(=O)CN2CCN(c3ccc(Cl)c(C)c3)CC2)CC1. The molecule has 2 aliphatic heterocycles. The van der Waals surface area contributed by atoms with Crippen LogP contribution >= 0.6 is 11.6 Å². The Morgan fingerprint density at radius 2 is 1.74 bits per heavy atom. The summed E-state index contributed by atoms with van der Waals surface area (Å²) in [4.78, 5) is 21.9. The van der Waals surface area contributed by atoms with E-state index in [-0.39, 0.29) is 5.91 Å². The van der Waals surface area contributed by atoms with Gasteiger partial charge in [0.1, 0.15) is 0 Å². The van der Waals surface area contributed by atoms with Crippen molar-refractivity contribution in [1.82, 2.24) is 14.7 Å². The number of carbonyl (C=O) groups excluding carboxylic acids is 1. The molecule has 1 amide bonds. The summed E-state index contributed by atoms with van der Waals surface area (Å²) < 4.78 is 0. The molecule has 2 aliphatic rings. The van der Waals surface area contributed by atoms with E-state index >= 15 is 0 Å². The molecule has 2 heterocycles. The third-order valence-corrected chi connectivity index (χ3v) is 6.54. The number of amides is 1. The highest BCUT2D eigenvalue weighted by Crippen LogP contribution is 2.23. The second-order valence-electron chi connectivity index (χ2n) is 7.87. The average molecular weight is 393 g/mol. The Bertz CT molecular complexity index is 637. The minimum absolute atomic E-state index is 0.287. The summed E-state index contributed by atoms with van der Waals surface area (Å²) in [7, 11) is 0. The Kier molecular flexibility index (Phi) is 7.01. The quantitative estimate of drug-likeness (QED) is 0.770. The second kappa shape index (κ2) is 9.26. The van der Waals surface area contributed by atoms with Crippen LogP contribution in [-0.4, -0.2) is 85.6 Å². The first-order valence-electron chi connectivity index (χ1n) is 10.2. The zero-order valence-electron chi connectivity index (χ0n) is 17.0. The smallest absolute Gasteiger partial charge is 0.236 e. The molecule has 1 unspecified atom stereocenters. The lowest BCUT2D eigenvalue weighted by Crippen LogP contribution is -2.55. The van der Waals surface area contributed by atoms with Crippen molar-refractivity contribution in [2.75, 3.05) is 63.8 Å². The van der Waals surface area contributed by atoms with Gasteiger partial charge in [0.25, 0.3) is 0 Å². The highest BCUT2D eigenvalue weighted by atomic mass is 35.5. The molecule has 0 spiro atoms. The summed E-state index contributed by atoms with van der Waals surface area (Å²) in [6.45, 7) is 14.6. The van der Waals surface area contributed by atoms with Crippen LogP contribution in [0.3, 0.4) is 0 Å². The molecule has 3 rings (SSSR count). The molecular weight excluding hydrogens is 360 g/mol. The Hall–Kier alpha value is -1.30. The van der Waals surface area contributed by atoms with E-state index < -0.39 is 0 Å². The Morgan fingerprint density at radius 3 is 2.33 bits per heavy atom. The van der Waals surface area contributed by atoms with Crippen LogP contribution in [-0.2, 0) is 4.79 Å². The Balaban J connectivity index is 1.44. The molecule has 0 saturated carbocycles. The van der Waals surface area contributed by atoms with Gasteiger partial charge < -0.3 is 9.80 Å². The largest absolute Gasteiger partial charge is 0.369 e. The van der Waals surface area contributed by atoms with Gasteiger partial charge in [-0.3, -0.25) is 14.6 Å². The van der Waals surface area contributed by atoms with Gasteiger partial charge >= 0.3 is 0 Å². The van der Waals surface area contributed by atoms with Crippen LogP contribution in [0.1, 0.15) is 25.8 Å². The molecular formula is C21H33ClN4O. The standard InChI is InChI=1S/C21H33ClN4O/c1-4-18(3)24-11-13-26(14-12-24)21(27)16-23-7-9-25(10-8-23)19-5-6-20(22)17(2)15-19/h5-6,15,18H,4,7-14,16H2,1-3H3. The van der Waals surface area contributed by atoms with Gasteiger partial charge in [0.15, 0.2) is 0 Å². The first-order chi connectivity index (χ1) is 13.0. The number of aryl methyl sites for hydroxylation is 1. The number of piperazine rings is 2. The Labute approximate surface area is 168 Å². The van der Waals surface area contributed by atoms with Gasteiger partial charge in [-0.2, -0.15) is 0 Å². The predicted molar refractivity (Wildman–Crippen MR) is 113 cm³/mol. The fraction of sp³-hybridized carbons (Fsp3) is 0.667. The van der Waals surface area contributed by atoms with Crippen LogP contribution in [0.5, 0.6) is 0 Å². The molecule has 6 heteroatoms. The van der Waals surface area contributed by atoms with Crippen molar-refractivity contribution in [2.24, 2.45) is 0 Å². The van der Waals surface area contributed by atoms with Crippen LogP contribution < -0.4 is 4.90 Å². The first kappa shape index (κ1) is 20.4. The normalized spacial score (nSPS) is 20.7. The molecule has 27 heavy (non-hydrogen) atoms. The van der Waals surface area contributed by atoms with E-state index in [0.29, 0.717) is 12.6 Å². The summed E-state index contributed by atoms with van der Waals surface area (Å²) in [6.07, 6.45) is 1.17. The van der Waals surface area contributed by atoms with Gasteiger partial charge in [0.2, 0.25) is 5.91 Å². The van der Waals surface area contributed by atoms with E-state index in [9.17, 15) is 4.79 Å². The monoisotopic (exact) mass is 392 g/mol. The molecule has 1 atom stereocenters. The van der Waals surface area contributed by atoms with Gasteiger partial charge in [-0.05, 0) is 44.0 Å². The molecule has 2 fully saturated rings. The summed E-state index contributed by atoms with van der Waals surface area (Å²) in [5.74, 6) is 0.287. The third-order valence-electron chi connectivity index (χ3n) is 6.12. The number of hydrogen-bond acceptors (Lipinski definition) is 4. The summed E-state index contributed by atoms with van der Waals surface area (Å²) >= 11 is 6.14. The number of halogens is 1. The predicted octanol–water partition coefficient (Wildman–Crippen LogP) is 2.71. The van der Waals surface area contributed by atoms with Gasteiger partial charge in [-0.25, -0.2) is 0 Å². The third kappa shape index (κ3) is 5.15. The van der Waals surface area contributed by atoms with E-state index in [4.69, 9.17) is 11.6 Å². The van der Waals surface area contributed by atoms with Crippen molar-refractivity contribution in [2.45, 2.75) is 33.2 Å². The second-order valence-corrected chi connectivity index (χ2v) is 8.28. The summed E-state index contributed by atoms with van der Waals surface area (Å²) in [5.41, 5.74) is 2.34. The first-order valence-corrected chi connectivity index (χ1v) is 10.6. The van der Waals surface area contributed by atoms with Crippen LogP contribution in [0, 0.1) is 6.92 Å². The topological polar surface area (TPSA) is 30.0 Å². The molecule has 1 aromatic rings. The van der Waals surface area contributed by atoms with E-state index in [1.165, 1.54) is 12.1 Å². The Morgan fingerprint density at radius 1 is 1.07 bits per heavy atom. The average Bonchev–Trinajstić information content (AvgIpc) is 2.70. The fourth-order valence-electron chi connectivity index (χ4n) is 3.95. The number of rotatable bonds is 5. The van der Waals surface area contributed by atoms with Crippen molar-refractivity contribution in [1.29, 1.82) is 0 Å². The molecule has 0 N–H and O–H groups in total. The lowest BCUT2D eigenvalue weighted by molar-refractivity contribution is -0.134. The van der Waals surface area contributed by atoms with E-state index in [0.717, 1.165) is 62.9 Å². The van der Waals surface area contributed by atoms with Gasteiger partial charge in [0, 0.05) is 69.1 Å². The minimum atomic E-state index is 0.287. The summed E-state index contributed by atoms with van der Waals surface area (Å²) in [5, 5.41) is 0.816. The number of nitrogens with zero attached hydrogens (tertiary/aromatic N) is 4. The van der Waals surface area contributed by atoms with E-state index in [1.807, 2.05) is 17.9 Å². The highest BCUT2D eigenvalue weighted by molar-refractivity contribution is 6.31. The van der Waals surface area contributed by atoms with Crippen molar-refractivity contribution in [3.63, 3.8) is 0 Å². The summed E-state index contributed by atoms with van der Waals surface area (Å²) in [6, 6.07) is 6.83. The van der Waals surface area contributed by atoms with Crippen LogP contribution in [0.2, 0.25) is 5.02 Å². The van der Waals surface area contributed by atoms with Crippen molar-refractivity contribution in [3.05, 3.63) is 28.8 Å². The molecule has 0 aromatic heterocycles. The maximum absolute atomic E-state index is 12.7. The zero-order valence-corrected chi connectivity index (χ0v) is 17.7. The van der Waals surface area contributed by atoms with Gasteiger partial charge in [0.05, 0.1) is 6.54 Å². The van der Waals surface area contributed by atoms with Crippen LogP contribution in [0.4, 0.5) is 5.69 Å². The number of benzene rings is 1. The molecule has 150 valence electrons. The van der Waals surface area contributed by atoms with Crippen LogP contribution in [0.15, 0.2) is 18.2 Å². The number of anilines is 1. The maximum Gasteiger partial charge on any atom is 0.236 e. The van der Waals surface area contributed by atoms with Crippen molar-refractivity contribution >= 4 is 23.2 Å². The molecule has 1 aromatic carbocycles. The lowest BCUT2D eigenvalue weighted by atomic mass is 10.2. The zero-order chi connectivity index (χ0) is 19.4. The maximum atomic E-state index is 12.7. The van der Waals surface area contributed by atoms with Gasteiger partial charge in [-0.15, -0.1) is 0 Å². The molecule has 0 bridgehead atoms. The van der Waals surface area contributed by atoms with Gasteiger partial charge in [-0.1, -0.05) is 18.5 Å². The molecule has 2 saturated heterocycles. The van der Waals surface area contributed by atoms with E-state index in [2.05, 4.69) is 40.7 Å². The minimum Gasteiger partial charge on any atom is -0.369 e. The van der Waals surface area contributed by atoms with Crippen molar-refractivity contribution < 1.29 is 4.79 Å². The number of hydrogen-bond donors (Lipinski definition) is 0. The van der Waals surface area contributed by atoms with Crippen LogP contribution in [0.25, 0.3) is 0 Å². The molecule has 0 radical (unpaired) electrons. The van der Waals surface area contributed by atoms with Crippen molar-refractivity contribution in [3.8, 4) is 0 Å².